The molecule has 1 aliphatic rings. The molecule has 0 spiro atoms. The number of hydrogen-bond acceptors (Lipinski definition) is 4. The van der Waals surface area contributed by atoms with Crippen molar-refractivity contribution in [2.75, 3.05) is 46.5 Å². The zero-order chi connectivity index (χ0) is 19.3. The van der Waals surface area contributed by atoms with Crippen molar-refractivity contribution in [1.29, 1.82) is 0 Å². The predicted molar refractivity (Wildman–Crippen MR) is 107 cm³/mol. The van der Waals surface area contributed by atoms with Crippen LogP contribution < -0.4 is 16.0 Å². The number of aliphatic imine (C=N–C) groups is 1. The first-order valence-corrected chi connectivity index (χ1v) is 9.68. The number of nitrogens with one attached hydrogen (secondary N) is 3. The number of hydrogen-bond donors (Lipinski definition) is 3. The highest BCUT2D eigenvalue weighted by Gasteiger charge is 2.14. The Hall–Kier alpha value is -2.12. The average Bonchev–Trinajstić information content (AvgIpc) is 3.19. The van der Waals surface area contributed by atoms with Gasteiger partial charge in [-0.15, -0.1) is 0 Å². The molecule has 1 aliphatic heterocycles. The molecule has 1 unspecified atom stereocenters. The van der Waals surface area contributed by atoms with E-state index in [0.29, 0.717) is 31.9 Å². The SMILES string of the molecule is CN=C(NCCCOCC1CCCO1)NCCNC(=O)c1cccc(C)c1. The van der Waals surface area contributed by atoms with Crippen LogP contribution in [-0.4, -0.2) is 64.5 Å². The highest BCUT2D eigenvalue weighted by Crippen LogP contribution is 2.11. The van der Waals surface area contributed by atoms with E-state index in [1.54, 1.807) is 7.05 Å². The molecule has 1 fully saturated rings. The molecule has 0 bridgehead atoms. The van der Waals surface area contributed by atoms with Crippen molar-refractivity contribution in [3.63, 3.8) is 0 Å². The van der Waals surface area contributed by atoms with Crippen LogP contribution in [0.25, 0.3) is 0 Å². The lowest BCUT2D eigenvalue weighted by atomic mass is 10.1. The number of ether oxygens (including phenoxy) is 2. The van der Waals surface area contributed by atoms with Crippen molar-refractivity contribution < 1.29 is 14.3 Å². The largest absolute Gasteiger partial charge is 0.379 e. The van der Waals surface area contributed by atoms with Gasteiger partial charge in [0.1, 0.15) is 0 Å². The number of aryl methyl sites for hydroxylation is 1. The summed E-state index contributed by atoms with van der Waals surface area (Å²) in [6, 6.07) is 7.56. The van der Waals surface area contributed by atoms with E-state index in [2.05, 4.69) is 20.9 Å². The minimum Gasteiger partial charge on any atom is -0.379 e. The summed E-state index contributed by atoms with van der Waals surface area (Å²) in [4.78, 5) is 16.2. The van der Waals surface area contributed by atoms with E-state index in [0.717, 1.165) is 43.9 Å². The molecule has 1 amide bonds. The molecule has 0 aliphatic carbocycles. The standard InChI is InChI=1S/C20H32N4O3/c1-16-6-3-7-17(14-16)19(25)22-10-11-24-20(21-2)23-9-5-12-26-15-18-8-4-13-27-18/h3,6-7,14,18H,4-5,8-13,15H2,1-2H3,(H,22,25)(H2,21,23,24). The Morgan fingerprint density at radius 3 is 2.81 bits per heavy atom. The molecule has 0 radical (unpaired) electrons. The van der Waals surface area contributed by atoms with Gasteiger partial charge in [0.15, 0.2) is 5.96 Å². The van der Waals surface area contributed by atoms with Gasteiger partial charge in [0.2, 0.25) is 0 Å². The first kappa shape index (κ1) is 21.2. The number of nitrogens with zero attached hydrogens (tertiary/aromatic N) is 1. The summed E-state index contributed by atoms with van der Waals surface area (Å²) < 4.78 is 11.2. The lowest BCUT2D eigenvalue weighted by Gasteiger charge is -2.13. The number of rotatable bonds is 10. The molecule has 1 heterocycles. The smallest absolute Gasteiger partial charge is 0.251 e. The highest BCUT2D eigenvalue weighted by atomic mass is 16.5. The van der Waals surface area contributed by atoms with Crippen LogP contribution >= 0.6 is 0 Å². The molecule has 150 valence electrons. The normalized spacial score (nSPS) is 17.0. The number of guanidine groups is 1. The summed E-state index contributed by atoms with van der Waals surface area (Å²) >= 11 is 0. The van der Waals surface area contributed by atoms with E-state index in [4.69, 9.17) is 9.47 Å². The molecule has 27 heavy (non-hydrogen) atoms. The Kier molecular flexibility index (Phi) is 9.65. The number of benzene rings is 1. The van der Waals surface area contributed by atoms with Crippen LogP contribution in [0.4, 0.5) is 0 Å². The molecule has 7 heteroatoms. The Morgan fingerprint density at radius 1 is 1.26 bits per heavy atom. The molecule has 0 aromatic heterocycles. The molecule has 1 atom stereocenters. The van der Waals surface area contributed by atoms with Gasteiger partial charge < -0.3 is 25.4 Å². The van der Waals surface area contributed by atoms with Gasteiger partial charge in [-0.25, -0.2) is 0 Å². The maximum absolute atomic E-state index is 12.1. The Morgan fingerprint density at radius 2 is 2.07 bits per heavy atom. The van der Waals surface area contributed by atoms with Gasteiger partial charge in [-0.05, 0) is 38.3 Å². The molecule has 2 rings (SSSR count). The Labute approximate surface area is 161 Å². The molecular weight excluding hydrogens is 344 g/mol. The van der Waals surface area contributed by atoms with Crippen molar-refractivity contribution in [3.8, 4) is 0 Å². The van der Waals surface area contributed by atoms with Gasteiger partial charge in [-0.1, -0.05) is 17.7 Å². The summed E-state index contributed by atoms with van der Waals surface area (Å²) in [7, 11) is 1.73. The minimum atomic E-state index is -0.0631. The third-order valence-corrected chi connectivity index (χ3v) is 4.29. The first-order chi connectivity index (χ1) is 13.2. The minimum absolute atomic E-state index is 0.0631. The predicted octanol–water partition coefficient (Wildman–Crippen LogP) is 1.48. The number of amides is 1. The van der Waals surface area contributed by atoms with Crippen LogP contribution in [0, 0.1) is 6.92 Å². The van der Waals surface area contributed by atoms with E-state index in [1.807, 2.05) is 31.2 Å². The van der Waals surface area contributed by atoms with Crippen molar-refractivity contribution in [2.24, 2.45) is 4.99 Å². The number of carbonyl (C=O) groups excluding carboxylic acids is 1. The topological polar surface area (TPSA) is 84.0 Å². The fourth-order valence-electron chi connectivity index (χ4n) is 2.84. The van der Waals surface area contributed by atoms with Crippen LogP contribution in [0.2, 0.25) is 0 Å². The van der Waals surface area contributed by atoms with Crippen LogP contribution in [0.15, 0.2) is 29.3 Å². The lowest BCUT2D eigenvalue weighted by Crippen LogP contribution is -2.42. The van der Waals surface area contributed by atoms with Crippen molar-refractivity contribution in [1.82, 2.24) is 16.0 Å². The van der Waals surface area contributed by atoms with Gasteiger partial charge in [0, 0.05) is 45.5 Å². The summed E-state index contributed by atoms with van der Waals surface area (Å²) in [6.07, 6.45) is 3.43. The molecule has 3 N–H and O–H groups in total. The van der Waals surface area contributed by atoms with Gasteiger partial charge in [-0.2, -0.15) is 0 Å². The van der Waals surface area contributed by atoms with Crippen LogP contribution in [0.3, 0.4) is 0 Å². The molecule has 7 nitrogen and oxygen atoms in total. The number of carbonyl (C=O) groups is 1. The second-order valence-corrected chi connectivity index (χ2v) is 6.61. The maximum atomic E-state index is 12.1. The van der Waals surface area contributed by atoms with Gasteiger partial charge in [0.05, 0.1) is 12.7 Å². The van der Waals surface area contributed by atoms with Crippen LogP contribution in [0.5, 0.6) is 0 Å². The summed E-state index contributed by atoms with van der Waals surface area (Å²) in [5.74, 6) is 0.658. The highest BCUT2D eigenvalue weighted by molar-refractivity contribution is 5.94. The summed E-state index contributed by atoms with van der Waals surface area (Å²) in [5.41, 5.74) is 1.76. The zero-order valence-corrected chi connectivity index (χ0v) is 16.4. The van der Waals surface area contributed by atoms with Crippen LogP contribution in [-0.2, 0) is 9.47 Å². The fourth-order valence-corrected chi connectivity index (χ4v) is 2.84. The van der Waals surface area contributed by atoms with E-state index >= 15 is 0 Å². The quantitative estimate of drug-likeness (QED) is 0.327. The lowest BCUT2D eigenvalue weighted by molar-refractivity contribution is 0.0168. The van der Waals surface area contributed by atoms with E-state index < -0.39 is 0 Å². The fraction of sp³-hybridized carbons (Fsp3) is 0.600. The average molecular weight is 377 g/mol. The van der Waals surface area contributed by atoms with Gasteiger partial charge in [0.25, 0.3) is 5.91 Å². The van der Waals surface area contributed by atoms with E-state index in [-0.39, 0.29) is 12.0 Å². The maximum Gasteiger partial charge on any atom is 0.251 e. The Bertz CT molecular complexity index is 601. The zero-order valence-electron chi connectivity index (χ0n) is 16.4. The van der Waals surface area contributed by atoms with Crippen molar-refractivity contribution in [3.05, 3.63) is 35.4 Å². The summed E-state index contributed by atoms with van der Waals surface area (Å²) in [6.45, 7) is 6.14. The monoisotopic (exact) mass is 376 g/mol. The Balaban J connectivity index is 1.50. The van der Waals surface area contributed by atoms with E-state index in [1.165, 1.54) is 0 Å². The van der Waals surface area contributed by atoms with Gasteiger partial charge in [-0.3, -0.25) is 9.79 Å². The third kappa shape index (κ3) is 8.41. The molecule has 1 aromatic carbocycles. The first-order valence-electron chi connectivity index (χ1n) is 9.68. The van der Waals surface area contributed by atoms with E-state index in [9.17, 15) is 4.79 Å². The van der Waals surface area contributed by atoms with Crippen molar-refractivity contribution in [2.45, 2.75) is 32.3 Å². The molecule has 0 saturated carbocycles. The van der Waals surface area contributed by atoms with Crippen LogP contribution in [0.1, 0.15) is 35.2 Å². The molecule has 1 aromatic rings. The summed E-state index contributed by atoms with van der Waals surface area (Å²) in [5, 5.41) is 9.33. The second kappa shape index (κ2) is 12.3. The molecule has 1 saturated heterocycles. The molecular formula is C20H32N4O3. The van der Waals surface area contributed by atoms with Gasteiger partial charge >= 0.3 is 0 Å². The van der Waals surface area contributed by atoms with Crippen molar-refractivity contribution >= 4 is 11.9 Å². The third-order valence-electron chi connectivity index (χ3n) is 4.29. The second-order valence-electron chi connectivity index (χ2n) is 6.61.